The molecule has 0 fully saturated rings. The van der Waals surface area contributed by atoms with Gasteiger partial charge in [0.15, 0.2) is 5.71 Å². The molecule has 64 heavy (non-hydrogen) atoms. The van der Waals surface area contributed by atoms with Crippen LogP contribution in [0.5, 0.6) is 0 Å². The summed E-state index contributed by atoms with van der Waals surface area (Å²) in [5, 5.41) is 10.00. The third-order valence-corrected chi connectivity index (χ3v) is 11.3. The lowest BCUT2D eigenvalue weighted by Crippen LogP contribution is -2.29. The van der Waals surface area contributed by atoms with Gasteiger partial charge in [-0.2, -0.15) is 13.0 Å². The van der Waals surface area contributed by atoms with Gasteiger partial charge in [-0.05, 0) is 57.4 Å². The number of carbonyl (C=O) groups excluding carboxylic acids is 2. The van der Waals surface area contributed by atoms with Gasteiger partial charge < -0.3 is 24.0 Å². The quantitative estimate of drug-likeness (QED) is 0.0926. The Morgan fingerprint density at radius 2 is 1.38 bits per heavy atom. The number of aromatic carboxylic acids is 1. The smallest absolute Gasteiger partial charge is 0.425 e. The molecule has 0 radical (unpaired) electrons. The van der Waals surface area contributed by atoms with Crippen LogP contribution in [0, 0.1) is 0 Å². The van der Waals surface area contributed by atoms with E-state index in [9.17, 15) is 45.4 Å². The number of nitrogens with zero attached hydrogens (tertiary/aromatic N) is 2. The van der Waals surface area contributed by atoms with Gasteiger partial charge >= 0.3 is 39.1 Å². The molecule has 2 aromatic carbocycles. The Balaban J connectivity index is 0.00000162. The molecule has 2 aliphatic heterocycles. The van der Waals surface area contributed by atoms with Crippen molar-refractivity contribution in [1.82, 2.24) is 0 Å². The Kier molecular flexibility index (Phi) is 20.1. The zero-order valence-electron chi connectivity index (χ0n) is 35.8. The van der Waals surface area contributed by atoms with E-state index in [2.05, 4.69) is 0 Å². The zero-order valence-corrected chi connectivity index (χ0v) is 39.1. The van der Waals surface area contributed by atoms with Gasteiger partial charge in [0.2, 0.25) is 5.69 Å². The summed E-state index contributed by atoms with van der Waals surface area (Å²) >= 11 is 0. The van der Waals surface area contributed by atoms with Gasteiger partial charge in [-0.15, -0.1) is 25.3 Å². The largest absolute Gasteiger partial charge is 0.748 e. The Morgan fingerprint density at radius 3 is 1.91 bits per heavy atom. The van der Waals surface area contributed by atoms with Crippen LogP contribution in [0.3, 0.4) is 0 Å². The van der Waals surface area contributed by atoms with E-state index >= 15 is 0 Å². The number of carbonyl (C=O) groups is 3. The third kappa shape index (κ3) is 15.4. The van der Waals surface area contributed by atoms with Crippen molar-refractivity contribution in [3.8, 4) is 0 Å². The topological polar surface area (TPSA) is 310 Å². The van der Waals surface area contributed by atoms with Crippen molar-refractivity contribution in [3.63, 3.8) is 0 Å². The Hall–Kier alpha value is -5.40. The maximum Gasteiger partial charge on any atom is 0.425 e. The van der Waals surface area contributed by atoms with Crippen LogP contribution in [0.15, 0.2) is 66.4 Å². The van der Waals surface area contributed by atoms with Gasteiger partial charge in [0, 0.05) is 53.2 Å². The Labute approximate surface area is 374 Å². The van der Waals surface area contributed by atoms with Crippen molar-refractivity contribution in [3.05, 3.63) is 94.2 Å². The van der Waals surface area contributed by atoms with Crippen LogP contribution in [0.2, 0.25) is 0 Å². The number of carboxylic acids is 1. The van der Waals surface area contributed by atoms with Gasteiger partial charge in [-0.25, -0.2) is 22.8 Å². The first-order chi connectivity index (χ1) is 29.6. The fourth-order valence-corrected chi connectivity index (χ4v) is 8.33. The highest BCUT2D eigenvalue weighted by atomic mass is 32.2. The van der Waals surface area contributed by atoms with E-state index in [1.54, 1.807) is 53.5 Å². The van der Waals surface area contributed by atoms with E-state index in [-0.39, 0.29) is 55.8 Å². The molecule has 20 nitrogen and oxygen atoms in total. The summed E-state index contributed by atoms with van der Waals surface area (Å²) in [4.78, 5) is 40.7. The maximum absolute atomic E-state index is 13.5. The summed E-state index contributed by atoms with van der Waals surface area (Å²) in [6.07, 6.45) is 10.00. The van der Waals surface area contributed by atoms with E-state index in [1.165, 1.54) is 12.1 Å². The van der Waals surface area contributed by atoms with E-state index in [0.717, 1.165) is 0 Å². The molecule has 2 heterocycles. The van der Waals surface area contributed by atoms with Gasteiger partial charge in [0.25, 0.3) is 10.1 Å². The number of benzene rings is 2. The number of hydrogen-bond acceptors (Lipinski definition) is 17. The van der Waals surface area contributed by atoms with Crippen LogP contribution >= 0.6 is 0 Å². The zero-order chi connectivity index (χ0) is 48.8. The fourth-order valence-electron chi connectivity index (χ4n) is 7.36. The normalized spacial score (nSPS) is 15.5. The number of hydrogen-bond donors (Lipinski definition) is 2. The van der Waals surface area contributed by atoms with Gasteiger partial charge in [0.1, 0.15) is 6.54 Å². The molecule has 0 aliphatic carbocycles. The van der Waals surface area contributed by atoms with Gasteiger partial charge in [-0.1, -0.05) is 52.0 Å². The molecular formula is C40H50N2O18S4. The lowest BCUT2D eigenvalue weighted by molar-refractivity contribution is -0.437. The second kappa shape index (κ2) is 23.5. The number of allylic oxidation sites excluding steroid dienone is 6. The van der Waals surface area contributed by atoms with Crippen molar-refractivity contribution in [2.45, 2.75) is 78.1 Å². The highest BCUT2D eigenvalue weighted by Gasteiger charge is 2.47. The molecule has 2 aromatic rings. The van der Waals surface area contributed by atoms with Crippen LogP contribution in [0.4, 0.5) is 11.4 Å². The predicted octanol–water partition coefficient (Wildman–Crippen LogP) is 3.89. The first kappa shape index (κ1) is 54.7. The van der Waals surface area contributed by atoms with Crippen molar-refractivity contribution in [1.29, 1.82) is 0 Å². The molecule has 0 amide bonds. The van der Waals surface area contributed by atoms with Crippen molar-refractivity contribution >= 4 is 76.4 Å². The summed E-state index contributed by atoms with van der Waals surface area (Å²) in [6.45, 7) is 11.8. The number of esters is 2. The van der Waals surface area contributed by atoms with Crippen molar-refractivity contribution < 1.29 is 84.7 Å². The lowest BCUT2D eigenvalue weighted by atomic mass is 9.79. The van der Waals surface area contributed by atoms with E-state index in [4.69, 9.17) is 34.7 Å². The van der Waals surface area contributed by atoms with E-state index in [0.29, 0.717) is 46.8 Å². The lowest BCUT2D eigenvalue weighted by Gasteiger charge is -2.27. The summed E-state index contributed by atoms with van der Waals surface area (Å²) in [5.41, 5.74) is 2.24. The molecule has 24 heteroatoms. The molecule has 4 rings (SSSR count). The van der Waals surface area contributed by atoms with Crippen LogP contribution in [0.25, 0.3) is 0 Å². The molecule has 0 atom stereocenters. The number of fused-ring (bicyclic) bond motifs is 2. The molecule has 0 bridgehead atoms. The van der Waals surface area contributed by atoms with Crippen molar-refractivity contribution in [2.24, 2.45) is 0 Å². The van der Waals surface area contributed by atoms with E-state index < -0.39 is 81.7 Å². The highest BCUT2D eigenvalue weighted by Crippen LogP contribution is 2.50. The summed E-state index contributed by atoms with van der Waals surface area (Å²) < 4.78 is 131. The monoisotopic (exact) mass is 974 g/mol. The number of anilines is 1. The van der Waals surface area contributed by atoms with Crippen molar-refractivity contribution in [2.75, 3.05) is 42.7 Å². The second-order valence-electron chi connectivity index (χ2n) is 15.1. The molecule has 0 unspecified atom stereocenters. The third-order valence-electron chi connectivity index (χ3n) is 9.70. The molecule has 0 saturated heterocycles. The molecule has 2 aliphatic rings. The summed E-state index contributed by atoms with van der Waals surface area (Å²) in [6, 6.07) is 7.96. The minimum Gasteiger partial charge on any atom is -0.748 e. The average Bonchev–Trinajstić information content (AvgIpc) is 3.52. The minimum absolute atomic E-state index is 0.0395. The van der Waals surface area contributed by atoms with E-state index in [1.807, 2.05) is 46.1 Å². The molecular weight excluding hydrogens is 925 g/mol. The first-order valence-electron chi connectivity index (χ1n) is 19.4. The highest BCUT2D eigenvalue weighted by molar-refractivity contribution is 7.85. The van der Waals surface area contributed by atoms with Crippen LogP contribution in [-0.2, 0) is 61.8 Å². The number of rotatable bonds is 18. The molecule has 0 aromatic heterocycles. The first-order valence-corrected chi connectivity index (χ1v) is 24.6. The molecule has 0 saturated carbocycles. The standard InChI is InChI=1S/C40H50N2O12S2.2O3S/c1-7-21-53-37(45)27-25-29(38(46)54-22-8-2)35-31(26-27)42(20-14-24-56(50,51)52)33(40(35,5)6)18-11-9-10-17-32-39(3,4)34-28(36(43)44)15-12-16-30(34)41(32)19-13-23-55(47,48)49;2*1-4(2)3/h9-12,15-18,25-26H,7-8,13-14,19-24H2,1-6H3,(H2-,43,44,47,48,49,50,51,52);;. The second-order valence-corrected chi connectivity index (χ2v) is 19.0. The van der Waals surface area contributed by atoms with Crippen LogP contribution in [-0.4, -0.2) is 122 Å². The van der Waals surface area contributed by atoms with Crippen LogP contribution < -0.4 is 4.90 Å². The Morgan fingerprint density at radius 1 is 0.797 bits per heavy atom. The SMILES string of the molecule is CCCOC(=O)c1cc(C(=O)OCCC)c2c(c1)N(CCCS(=O)(=O)[O-])C(=CC=CC=CC1=[N+](CCCS(=O)(=O)O)c3cccc(C(=O)O)c3C1(C)C)C2(C)C.O=S(=O)=O.O=S(=O)=O. The van der Waals surface area contributed by atoms with Gasteiger partial charge in [0.05, 0.1) is 56.8 Å². The van der Waals surface area contributed by atoms with Gasteiger partial charge in [-0.3, -0.25) is 4.55 Å². The van der Waals surface area contributed by atoms with Crippen LogP contribution in [0.1, 0.15) is 109 Å². The Bertz CT molecular complexity index is 2640. The average molecular weight is 975 g/mol. The maximum atomic E-state index is 13.5. The fraction of sp³-hybridized carbons (Fsp3) is 0.450. The minimum atomic E-state index is -4.54. The molecule has 2 N–H and O–H groups in total. The number of ether oxygens (including phenoxy) is 2. The molecule has 352 valence electrons. The predicted molar refractivity (Wildman–Crippen MR) is 230 cm³/mol. The molecule has 0 spiro atoms. The summed E-state index contributed by atoms with van der Waals surface area (Å²) in [5.74, 6) is -3.48. The summed E-state index contributed by atoms with van der Waals surface area (Å²) in [7, 11) is -15.0. The number of carboxylic acid groups (broad SMARTS) is 1.